The summed E-state index contributed by atoms with van der Waals surface area (Å²) >= 11 is 0. The standard InChI is InChI=1S/C22H29F5N4O6/c1-20(9-21(23,24)10-20)31-19(36)18(35)30-14(6-11-2-3-11)17(34)29-13(7-12-4-5-28-16(12)33)15(32)8-37-22(25,26)27/h11-14H,2-10H2,1H3,(H,28,33)(H,29,34)(H,30,35)(H,31,36)/t12-,13?,14?/m0/s1. The number of rotatable bonds is 11. The van der Waals surface area contributed by atoms with Gasteiger partial charge < -0.3 is 21.3 Å². The van der Waals surface area contributed by atoms with Crippen LogP contribution in [0.5, 0.6) is 0 Å². The van der Waals surface area contributed by atoms with Crippen LogP contribution < -0.4 is 21.3 Å². The predicted octanol–water partition coefficient (Wildman–Crippen LogP) is 0.692. The minimum atomic E-state index is -5.09. The third-order valence-corrected chi connectivity index (χ3v) is 6.57. The van der Waals surface area contributed by atoms with E-state index in [1.54, 1.807) is 0 Å². The maximum absolute atomic E-state index is 13.2. The van der Waals surface area contributed by atoms with Gasteiger partial charge in [-0.3, -0.25) is 28.7 Å². The van der Waals surface area contributed by atoms with E-state index < -0.39 is 84.7 Å². The van der Waals surface area contributed by atoms with Gasteiger partial charge in [-0.05, 0) is 32.1 Å². The van der Waals surface area contributed by atoms with Crippen molar-refractivity contribution in [3.8, 4) is 0 Å². The lowest BCUT2D eigenvalue weighted by Crippen LogP contribution is -2.63. The van der Waals surface area contributed by atoms with Crippen molar-refractivity contribution < 1.29 is 50.7 Å². The molecular weight excluding hydrogens is 511 g/mol. The van der Waals surface area contributed by atoms with Gasteiger partial charge in [-0.25, -0.2) is 8.78 Å². The smallest absolute Gasteiger partial charge is 0.356 e. The normalized spacial score (nSPS) is 23.7. The van der Waals surface area contributed by atoms with Gasteiger partial charge in [0.05, 0.1) is 6.04 Å². The van der Waals surface area contributed by atoms with Gasteiger partial charge >= 0.3 is 18.2 Å². The van der Waals surface area contributed by atoms with E-state index >= 15 is 0 Å². The van der Waals surface area contributed by atoms with Crippen LogP contribution in [0.25, 0.3) is 0 Å². The summed E-state index contributed by atoms with van der Waals surface area (Å²) in [6.45, 7) is 0.258. The predicted molar refractivity (Wildman–Crippen MR) is 115 cm³/mol. The number of alkyl halides is 5. The molecule has 2 aliphatic carbocycles. The van der Waals surface area contributed by atoms with Crippen LogP contribution in [0.1, 0.15) is 51.9 Å². The van der Waals surface area contributed by atoms with E-state index in [1.165, 1.54) is 6.92 Å². The fourth-order valence-electron chi connectivity index (χ4n) is 4.60. The Morgan fingerprint density at radius 1 is 1.03 bits per heavy atom. The Bertz CT molecular complexity index is 931. The highest BCUT2D eigenvalue weighted by molar-refractivity contribution is 6.35. The van der Waals surface area contributed by atoms with Gasteiger partial charge in [-0.15, -0.1) is 13.2 Å². The maximum Gasteiger partial charge on any atom is 0.522 e. The van der Waals surface area contributed by atoms with E-state index in [1.807, 2.05) is 0 Å². The van der Waals surface area contributed by atoms with Gasteiger partial charge in [-0.1, -0.05) is 12.8 Å². The number of carbonyl (C=O) groups is 5. The van der Waals surface area contributed by atoms with Crippen LogP contribution >= 0.6 is 0 Å². The second kappa shape index (κ2) is 10.9. The Morgan fingerprint density at radius 3 is 2.19 bits per heavy atom. The molecule has 0 radical (unpaired) electrons. The number of nitrogens with one attached hydrogen (secondary N) is 4. The zero-order valence-corrected chi connectivity index (χ0v) is 20.0. The Labute approximate surface area is 208 Å². The molecule has 208 valence electrons. The first-order valence-corrected chi connectivity index (χ1v) is 11.9. The van der Waals surface area contributed by atoms with Crippen LogP contribution in [0.15, 0.2) is 0 Å². The maximum atomic E-state index is 13.2. The molecule has 1 saturated heterocycles. The molecule has 4 N–H and O–H groups in total. The fourth-order valence-corrected chi connectivity index (χ4v) is 4.60. The van der Waals surface area contributed by atoms with Crippen LogP contribution in [0, 0.1) is 11.8 Å². The molecule has 3 atom stereocenters. The lowest BCUT2D eigenvalue weighted by molar-refractivity contribution is -0.321. The van der Waals surface area contributed by atoms with E-state index in [0.29, 0.717) is 13.0 Å². The molecule has 0 bridgehead atoms. The largest absolute Gasteiger partial charge is 0.522 e. The molecule has 4 amide bonds. The van der Waals surface area contributed by atoms with E-state index in [9.17, 15) is 45.9 Å². The molecule has 3 aliphatic rings. The summed E-state index contributed by atoms with van der Waals surface area (Å²) in [5, 5.41) is 9.28. The van der Waals surface area contributed by atoms with Crippen molar-refractivity contribution in [2.24, 2.45) is 11.8 Å². The van der Waals surface area contributed by atoms with Crippen molar-refractivity contribution in [1.29, 1.82) is 0 Å². The van der Waals surface area contributed by atoms with E-state index in [2.05, 4.69) is 26.0 Å². The Hall–Kier alpha value is -2.84. The molecule has 0 aromatic rings. The number of ketones is 1. The van der Waals surface area contributed by atoms with Gasteiger partial charge in [0.25, 0.3) is 5.92 Å². The number of halogens is 5. The number of amides is 4. The van der Waals surface area contributed by atoms with Crippen LogP contribution in [0.3, 0.4) is 0 Å². The zero-order valence-electron chi connectivity index (χ0n) is 20.0. The fraction of sp³-hybridized carbons (Fsp3) is 0.773. The summed E-state index contributed by atoms with van der Waals surface area (Å²) in [6.07, 6.45) is -4.80. The minimum absolute atomic E-state index is 0.0327. The van der Waals surface area contributed by atoms with Crippen molar-refractivity contribution in [2.75, 3.05) is 13.2 Å². The van der Waals surface area contributed by atoms with Crippen LogP contribution in [-0.4, -0.2) is 72.5 Å². The van der Waals surface area contributed by atoms with Crippen LogP contribution in [0.2, 0.25) is 0 Å². The van der Waals surface area contributed by atoms with E-state index in [-0.39, 0.29) is 18.8 Å². The molecule has 3 rings (SSSR count). The van der Waals surface area contributed by atoms with Gasteiger partial charge in [0.1, 0.15) is 12.6 Å². The Morgan fingerprint density at radius 2 is 1.68 bits per heavy atom. The van der Waals surface area contributed by atoms with Gasteiger partial charge in [0.2, 0.25) is 11.8 Å². The summed E-state index contributed by atoms with van der Waals surface area (Å²) in [7, 11) is 0. The summed E-state index contributed by atoms with van der Waals surface area (Å²) in [4.78, 5) is 62.1. The average molecular weight is 540 g/mol. The van der Waals surface area contributed by atoms with E-state index in [0.717, 1.165) is 12.8 Å². The molecule has 37 heavy (non-hydrogen) atoms. The topological polar surface area (TPSA) is 143 Å². The van der Waals surface area contributed by atoms with Crippen molar-refractivity contribution in [3.63, 3.8) is 0 Å². The minimum Gasteiger partial charge on any atom is -0.356 e. The van der Waals surface area contributed by atoms with Crippen molar-refractivity contribution in [1.82, 2.24) is 21.3 Å². The molecular formula is C22H29F5N4O6. The Balaban J connectivity index is 1.65. The van der Waals surface area contributed by atoms with Crippen molar-refractivity contribution >= 4 is 29.4 Å². The highest BCUT2D eigenvalue weighted by Crippen LogP contribution is 2.45. The highest BCUT2D eigenvalue weighted by Gasteiger charge is 2.55. The molecule has 1 aliphatic heterocycles. The van der Waals surface area contributed by atoms with Gasteiger partial charge in [-0.2, -0.15) is 0 Å². The lowest BCUT2D eigenvalue weighted by atomic mass is 9.75. The molecule has 2 saturated carbocycles. The first-order valence-electron chi connectivity index (χ1n) is 11.9. The van der Waals surface area contributed by atoms with E-state index in [4.69, 9.17) is 0 Å². The van der Waals surface area contributed by atoms with Crippen molar-refractivity contribution in [2.45, 2.75) is 81.8 Å². The molecule has 0 spiro atoms. The molecule has 0 aromatic carbocycles. The summed E-state index contributed by atoms with van der Waals surface area (Å²) in [5.74, 6) is -8.61. The second-order valence-corrected chi connectivity index (χ2v) is 10.2. The second-order valence-electron chi connectivity index (χ2n) is 10.2. The summed E-state index contributed by atoms with van der Waals surface area (Å²) in [5.41, 5.74) is -1.29. The lowest BCUT2D eigenvalue weighted by Gasteiger charge is -2.45. The van der Waals surface area contributed by atoms with Gasteiger partial charge in [0.15, 0.2) is 5.78 Å². The molecule has 15 heteroatoms. The highest BCUT2D eigenvalue weighted by atomic mass is 19.4. The third kappa shape index (κ3) is 8.61. The monoisotopic (exact) mass is 540 g/mol. The van der Waals surface area contributed by atoms with Gasteiger partial charge in [0, 0.05) is 30.8 Å². The Kier molecular flexibility index (Phi) is 8.44. The molecule has 0 aromatic heterocycles. The molecule has 1 heterocycles. The first-order chi connectivity index (χ1) is 17.1. The molecule has 10 nitrogen and oxygen atoms in total. The van der Waals surface area contributed by atoms with Crippen LogP contribution in [0.4, 0.5) is 22.0 Å². The number of hydrogen-bond acceptors (Lipinski definition) is 6. The third-order valence-electron chi connectivity index (χ3n) is 6.57. The quantitative estimate of drug-likeness (QED) is 0.224. The SMILES string of the molecule is CC1(NC(=O)C(=O)NC(CC2CC2)C(=O)NC(C[C@@H]2CCNC2=O)C(=O)COC(F)(F)F)CC(F)(F)C1. The number of hydrogen-bond donors (Lipinski definition) is 4. The summed E-state index contributed by atoms with van der Waals surface area (Å²) in [6, 6.07) is -2.84. The average Bonchev–Trinajstić information content (AvgIpc) is 3.48. The first kappa shape index (κ1) is 28.7. The number of ether oxygens (including phenoxy) is 1. The molecule has 3 fully saturated rings. The number of carbonyl (C=O) groups excluding carboxylic acids is 5. The van der Waals surface area contributed by atoms with Crippen LogP contribution in [-0.2, 0) is 28.7 Å². The summed E-state index contributed by atoms with van der Waals surface area (Å²) < 4.78 is 67.3. The zero-order chi connectivity index (χ0) is 27.6. The number of Topliss-reactive ketones (excluding diaryl/α,β-unsaturated/α-hetero) is 1. The molecule has 2 unspecified atom stereocenters. The van der Waals surface area contributed by atoms with Crippen molar-refractivity contribution in [3.05, 3.63) is 0 Å².